The number of hydrogen-bond donors (Lipinski definition) is 2. The number of nitrogens with two attached hydrogens (primary N) is 1. The van der Waals surface area contributed by atoms with E-state index in [-0.39, 0.29) is 18.0 Å². The number of halogens is 3. The minimum atomic E-state index is -0.493. The first-order valence-corrected chi connectivity index (χ1v) is 7.02. The largest absolute Gasteiger partial charge is 0.488 e. The summed E-state index contributed by atoms with van der Waals surface area (Å²) in [7, 11) is 0. The number of ether oxygens (including phenoxy) is 1. The van der Waals surface area contributed by atoms with Crippen molar-refractivity contribution in [1.82, 2.24) is 0 Å². The summed E-state index contributed by atoms with van der Waals surface area (Å²) in [5, 5.41) is 12.1. The molecule has 2 aromatic rings. The van der Waals surface area contributed by atoms with Crippen molar-refractivity contribution in [2.75, 3.05) is 0 Å². The molecule has 2 rings (SSSR count). The van der Waals surface area contributed by atoms with Crippen LogP contribution < -0.4 is 10.5 Å². The fourth-order valence-electron chi connectivity index (χ4n) is 1.69. The molecule has 21 heavy (non-hydrogen) atoms. The molecule has 0 aliphatic heterocycles. The molecule has 0 radical (unpaired) electrons. The lowest BCUT2D eigenvalue weighted by Crippen LogP contribution is -2.14. The summed E-state index contributed by atoms with van der Waals surface area (Å²) in [5.41, 5.74) is 6.29. The van der Waals surface area contributed by atoms with Gasteiger partial charge in [0.05, 0.1) is 4.47 Å². The van der Waals surface area contributed by atoms with Gasteiger partial charge in [-0.25, -0.2) is 4.39 Å². The van der Waals surface area contributed by atoms with Gasteiger partial charge >= 0.3 is 0 Å². The summed E-state index contributed by atoms with van der Waals surface area (Å²) in [4.78, 5) is 0. The number of rotatable bonds is 4. The van der Waals surface area contributed by atoms with Gasteiger partial charge in [0.15, 0.2) is 5.84 Å². The van der Waals surface area contributed by atoms with Crippen LogP contribution in [0.15, 0.2) is 46.0 Å². The van der Waals surface area contributed by atoms with E-state index >= 15 is 0 Å². The van der Waals surface area contributed by atoms with Crippen LogP contribution in [-0.2, 0) is 6.61 Å². The summed E-state index contributed by atoms with van der Waals surface area (Å²) in [6.45, 7) is 0.129. The second-order valence-corrected chi connectivity index (χ2v) is 5.49. The molecule has 7 heteroatoms. The van der Waals surface area contributed by atoms with Crippen molar-refractivity contribution in [2.45, 2.75) is 6.61 Å². The van der Waals surface area contributed by atoms with Crippen molar-refractivity contribution in [3.8, 4) is 5.75 Å². The van der Waals surface area contributed by atoms with Crippen LogP contribution in [0.1, 0.15) is 11.1 Å². The zero-order chi connectivity index (χ0) is 15.4. The van der Waals surface area contributed by atoms with Crippen molar-refractivity contribution >= 4 is 33.4 Å². The zero-order valence-electron chi connectivity index (χ0n) is 10.7. The van der Waals surface area contributed by atoms with E-state index in [1.165, 1.54) is 12.1 Å². The number of benzene rings is 2. The minimum Gasteiger partial charge on any atom is -0.488 e. The molecule has 0 aliphatic rings. The van der Waals surface area contributed by atoms with Gasteiger partial charge < -0.3 is 15.7 Å². The van der Waals surface area contributed by atoms with Crippen LogP contribution in [0, 0.1) is 5.82 Å². The van der Waals surface area contributed by atoms with Gasteiger partial charge in [0.25, 0.3) is 0 Å². The number of amidine groups is 1. The molecular weight excluding hydrogens is 363 g/mol. The summed E-state index contributed by atoms with van der Waals surface area (Å²) < 4.78 is 19.8. The highest BCUT2D eigenvalue weighted by molar-refractivity contribution is 9.10. The van der Waals surface area contributed by atoms with Crippen LogP contribution in [0.25, 0.3) is 0 Å². The van der Waals surface area contributed by atoms with E-state index < -0.39 is 5.82 Å². The summed E-state index contributed by atoms with van der Waals surface area (Å²) >= 11 is 9.17. The van der Waals surface area contributed by atoms with Gasteiger partial charge in [-0.3, -0.25) is 0 Å². The highest BCUT2D eigenvalue weighted by Gasteiger charge is 2.07. The molecule has 2 aromatic carbocycles. The van der Waals surface area contributed by atoms with Crippen LogP contribution >= 0.6 is 27.5 Å². The molecule has 0 saturated heterocycles. The minimum absolute atomic E-state index is 0.129. The topological polar surface area (TPSA) is 67.8 Å². The van der Waals surface area contributed by atoms with Crippen LogP contribution in [0.3, 0.4) is 0 Å². The van der Waals surface area contributed by atoms with Crippen LogP contribution in [-0.4, -0.2) is 11.0 Å². The Kier molecular flexibility index (Phi) is 5.03. The van der Waals surface area contributed by atoms with E-state index in [1.807, 2.05) is 0 Å². The summed E-state index contributed by atoms with van der Waals surface area (Å²) in [6.07, 6.45) is 0. The van der Waals surface area contributed by atoms with E-state index in [4.69, 9.17) is 27.3 Å². The Labute approximate surface area is 134 Å². The molecule has 110 valence electrons. The standard InChI is InChI=1S/C14H11BrClFN2O2/c15-12-6-10(16)1-2-13(12)21-7-8-3-9(14(18)19-20)5-11(17)4-8/h1-6,20H,7H2,(H2,18,19). The van der Waals surface area contributed by atoms with Gasteiger partial charge in [0.2, 0.25) is 0 Å². The van der Waals surface area contributed by atoms with Crippen molar-refractivity contribution < 1.29 is 14.3 Å². The smallest absolute Gasteiger partial charge is 0.170 e. The Bertz CT molecular complexity index is 695. The first-order valence-electron chi connectivity index (χ1n) is 5.85. The molecule has 0 atom stereocenters. The SMILES string of the molecule is N/C(=N/O)c1cc(F)cc(COc2ccc(Cl)cc2Br)c1. The monoisotopic (exact) mass is 372 g/mol. The molecule has 0 amide bonds. The van der Waals surface area contributed by atoms with E-state index in [2.05, 4.69) is 21.1 Å². The molecule has 0 spiro atoms. The van der Waals surface area contributed by atoms with Crippen molar-refractivity contribution in [1.29, 1.82) is 0 Å². The average molecular weight is 374 g/mol. The highest BCUT2D eigenvalue weighted by atomic mass is 79.9. The number of oxime groups is 1. The lowest BCUT2D eigenvalue weighted by atomic mass is 10.1. The fourth-order valence-corrected chi connectivity index (χ4v) is 2.49. The van der Waals surface area contributed by atoms with Gasteiger partial charge in [0, 0.05) is 10.6 Å². The molecule has 0 aliphatic carbocycles. The Morgan fingerprint density at radius 3 is 2.76 bits per heavy atom. The fraction of sp³-hybridized carbons (Fsp3) is 0.0714. The maximum atomic E-state index is 13.5. The molecule has 0 heterocycles. The summed E-state index contributed by atoms with van der Waals surface area (Å²) in [6, 6.07) is 9.17. The van der Waals surface area contributed by atoms with E-state index in [0.717, 1.165) is 0 Å². The van der Waals surface area contributed by atoms with Crippen LogP contribution in [0.5, 0.6) is 5.75 Å². The molecule has 0 bridgehead atoms. The maximum Gasteiger partial charge on any atom is 0.170 e. The first-order chi connectivity index (χ1) is 9.99. The molecule has 0 saturated carbocycles. The van der Waals surface area contributed by atoms with Crippen molar-refractivity contribution in [2.24, 2.45) is 10.9 Å². The number of hydrogen-bond acceptors (Lipinski definition) is 3. The average Bonchev–Trinajstić information content (AvgIpc) is 2.45. The lowest BCUT2D eigenvalue weighted by Gasteiger charge is -2.10. The van der Waals surface area contributed by atoms with Gasteiger partial charge in [0.1, 0.15) is 18.2 Å². The third kappa shape index (κ3) is 4.09. The van der Waals surface area contributed by atoms with Gasteiger partial charge in [-0.2, -0.15) is 0 Å². The Morgan fingerprint density at radius 1 is 1.33 bits per heavy atom. The van der Waals surface area contributed by atoms with E-state index in [9.17, 15) is 4.39 Å². The Morgan fingerprint density at radius 2 is 2.10 bits per heavy atom. The highest BCUT2D eigenvalue weighted by Crippen LogP contribution is 2.28. The first kappa shape index (κ1) is 15.6. The zero-order valence-corrected chi connectivity index (χ0v) is 13.0. The van der Waals surface area contributed by atoms with E-state index in [1.54, 1.807) is 24.3 Å². The quantitative estimate of drug-likeness (QED) is 0.369. The van der Waals surface area contributed by atoms with Gasteiger partial charge in [-0.15, -0.1) is 0 Å². The number of nitrogens with zero attached hydrogens (tertiary/aromatic N) is 1. The Hall–Kier alpha value is -1.79. The predicted octanol–water partition coefficient (Wildman–Crippen LogP) is 3.92. The van der Waals surface area contributed by atoms with Crippen LogP contribution in [0.2, 0.25) is 5.02 Å². The second kappa shape index (κ2) is 6.78. The van der Waals surface area contributed by atoms with Gasteiger partial charge in [-0.05, 0) is 57.9 Å². The summed E-state index contributed by atoms with van der Waals surface area (Å²) in [5.74, 6) is -0.0784. The second-order valence-electron chi connectivity index (χ2n) is 4.20. The van der Waals surface area contributed by atoms with Crippen molar-refractivity contribution in [3.63, 3.8) is 0 Å². The molecule has 4 nitrogen and oxygen atoms in total. The molecule has 3 N–H and O–H groups in total. The Balaban J connectivity index is 2.18. The van der Waals surface area contributed by atoms with E-state index in [0.29, 0.717) is 20.8 Å². The normalized spacial score (nSPS) is 11.5. The third-order valence-corrected chi connectivity index (χ3v) is 3.50. The molecular formula is C14H11BrClFN2O2. The molecule has 0 aromatic heterocycles. The third-order valence-electron chi connectivity index (χ3n) is 2.65. The van der Waals surface area contributed by atoms with Crippen LogP contribution in [0.4, 0.5) is 4.39 Å². The maximum absolute atomic E-state index is 13.5. The van der Waals surface area contributed by atoms with Crippen molar-refractivity contribution in [3.05, 3.63) is 62.8 Å². The lowest BCUT2D eigenvalue weighted by molar-refractivity contribution is 0.303. The predicted molar refractivity (Wildman–Crippen MR) is 82.4 cm³/mol. The van der Waals surface area contributed by atoms with Gasteiger partial charge in [-0.1, -0.05) is 16.8 Å². The molecule has 0 unspecified atom stereocenters. The molecule has 0 fully saturated rings.